The Hall–Kier alpha value is -4.30. The third-order valence-corrected chi connectivity index (χ3v) is 7.00. The minimum absolute atomic E-state index is 0.00460. The summed E-state index contributed by atoms with van der Waals surface area (Å²) in [6.45, 7) is 0.616. The van der Waals surface area contributed by atoms with Crippen LogP contribution in [0.1, 0.15) is 45.9 Å². The molecule has 6 rings (SSSR count). The lowest BCUT2D eigenvalue weighted by Gasteiger charge is -2.36. The van der Waals surface area contributed by atoms with Crippen molar-refractivity contribution in [3.63, 3.8) is 0 Å². The lowest BCUT2D eigenvalue weighted by molar-refractivity contribution is -0.252. The van der Waals surface area contributed by atoms with Crippen LogP contribution in [0, 0.1) is 0 Å². The highest BCUT2D eigenvalue weighted by Crippen LogP contribution is 2.39. The number of para-hydroxylation sites is 2. The zero-order valence-corrected chi connectivity index (χ0v) is 21.3. The summed E-state index contributed by atoms with van der Waals surface area (Å²) in [5.74, 6) is -0.176. The van der Waals surface area contributed by atoms with Gasteiger partial charge in [-0.1, -0.05) is 66.7 Å². The number of carbonyl (C=O) groups is 1. The Morgan fingerprint density at radius 2 is 1.69 bits per heavy atom. The van der Waals surface area contributed by atoms with E-state index in [1.165, 1.54) is 0 Å². The maximum atomic E-state index is 12.7. The quantitative estimate of drug-likeness (QED) is 0.274. The van der Waals surface area contributed by atoms with Crippen LogP contribution in [0.25, 0.3) is 11.0 Å². The van der Waals surface area contributed by atoms with E-state index in [9.17, 15) is 9.90 Å². The van der Waals surface area contributed by atoms with Crippen LogP contribution in [0.3, 0.4) is 0 Å². The SMILES string of the molecule is O=C(Nc1cccc(C2OC(Cn3cnc4ccccc43)CC(c3ccc(CO)cc3)O2)c1)c1ccccc1. The molecule has 0 aliphatic carbocycles. The number of nitrogens with one attached hydrogen (secondary N) is 1. The largest absolute Gasteiger partial charge is 0.392 e. The summed E-state index contributed by atoms with van der Waals surface area (Å²) in [6, 6.07) is 32.6. The molecule has 2 N–H and O–H groups in total. The molecule has 0 spiro atoms. The average Bonchev–Trinajstić information content (AvgIpc) is 3.40. The number of aromatic nitrogens is 2. The third-order valence-electron chi connectivity index (χ3n) is 7.00. The van der Waals surface area contributed by atoms with Crippen LogP contribution >= 0.6 is 0 Å². The van der Waals surface area contributed by atoms with Gasteiger partial charge in [-0.2, -0.15) is 0 Å². The zero-order valence-electron chi connectivity index (χ0n) is 21.3. The molecule has 1 fully saturated rings. The molecule has 3 atom stereocenters. The number of carbonyl (C=O) groups excluding carboxylic acids is 1. The molecule has 1 aliphatic rings. The van der Waals surface area contributed by atoms with Gasteiger partial charge in [0, 0.05) is 23.2 Å². The van der Waals surface area contributed by atoms with E-state index in [0.29, 0.717) is 24.2 Å². The molecule has 7 nitrogen and oxygen atoms in total. The summed E-state index contributed by atoms with van der Waals surface area (Å²) in [6.07, 6.45) is 1.52. The monoisotopic (exact) mass is 519 g/mol. The minimum Gasteiger partial charge on any atom is -0.392 e. The normalized spacial score (nSPS) is 19.2. The van der Waals surface area contributed by atoms with Crippen molar-refractivity contribution < 1.29 is 19.4 Å². The van der Waals surface area contributed by atoms with Crippen molar-refractivity contribution in [3.8, 4) is 0 Å². The van der Waals surface area contributed by atoms with E-state index in [-0.39, 0.29) is 24.7 Å². The van der Waals surface area contributed by atoms with Gasteiger partial charge in [-0.25, -0.2) is 4.98 Å². The van der Waals surface area contributed by atoms with Crippen molar-refractivity contribution in [2.24, 2.45) is 0 Å². The van der Waals surface area contributed by atoms with Gasteiger partial charge in [0.2, 0.25) is 0 Å². The molecule has 0 radical (unpaired) electrons. The fourth-order valence-electron chi connectivity index (χ4n) is 4.96. The lowest BCUT2D eigenvalue weighted by atomic mass is 10.00. The Morgan fingerprint density at radius 1 is 0.897 bits per heavy atom. The number of ether oxygens (including phenoxy) is 2. The van der Waals surface area contributed by atoms with Crippen LogP contribution in [0.5, 0.6) is 0 Å². The number of hydrogen-bond acceptors (Lipinski definition) is 5. The Balaban J connectivity index is 1.27. The predicted octanol–water partition coefficient (Wildman–Crippen LogP) is 6.03. The third kappa shape index (κ3) is 5.61. The highest BCUT2D eigenvalue weighted by atomic mass is 16.7. The molecule has 4 aromatic carbocycles. The molecule has 1 aliphatic heterocycles. The number of amides is 1. The minimum atomic E-state index is -0.630. The molecule has 5 aromatic rings. The number of imidazole rings is 1. The average molecular weight is 520 g/mol. The molecule has 1 amide bonds. The Bertz CT molecular complexity index is 1570. The van der Waals surface area contributed by atoms with Crippen LogP contribution in [-0.2, 0) is 22.6 Å². The van der Waals surface area contributed by atoms with Crippen molar-refractivity contribution >= 4 is 22.6 Å². The fourth-order valence-corrected chi connectivity index (χ4v) is 4.96. The molecule has 196 valence electrons. The summed E-state index contributed by atoms with van der Waals surface area (Å²) in [7, 11) is 0. The van der Waals surface area contributed by atoms with Crippen molar-refractivity contribution in [2.75, 3.05) is 5.32 Å². The van der Waals surface area contributed by atoms with Gasteiger partial charge in [0.1, 0.15) is 0 Å². The van der Waals surface area contributed by atoms with E-state index in [2.05, 4.69) is 20.9 Å². The number of rotatable bonds is 7. The van der Waals surface area contributed by atoms with Gasteiger partial charge in [-0.05, 0) is 47.5 Å². The molecule has 39 heavy (non-hydrogen) atoms. The summed E-state index contributed by atoms with van der Waals surface area (Å²) in [5, 5.41) is 12.4. The van der Waals surface area contributed by atoms with Crippen molar-refractivity contribution in [1.82, 2.24) is 9.55 Å². The number of hydrogen-bond donors (Lipinski definition) is 2. The molecule has 2 heterocycles. The standard InChI is InChI=1S/C32H29N3O4/c36-20-22-13-15-23(16-14-22)30-18-27(19-35-21-33-28-11-4-5-12-29(28)35)38-32(39-30)25-9-6-10-26(17-25)34-31(37)24-7-2-1-3-8-24/h1-17,21,27,30,32,36H,18-20H2,(H,34,37). The van der Waals surface area contributed by atoms with Crippen LogP contribution in [0.15, 0.2) is 109 Å². The number of nitrogens with zero attached hydrogens (tertiary/aromatic N) is 2. The van der Waals surface area contributed by atoms with Gasteiger partial charge in [-0.15, -0.1) is 0 Å². The summed E-state index contributed by atoms with van der Waals surface area (Å²) >= 11 is 0. The van der Waals surface area contributed by atoms with E-state index in [1.54, 1.807) is 12.1 Å². The molecule has 1 saturated heterocycles. The van der Waals surface area contributed by atoms with Crippen LogP contribution in [0.2, 0.25) is 0 Å². The van der Waals surface area contributed by atoms with Crippen LogP contribution < -0.4 is 5.32 Å². The number of aliphatic hydroxyl groups is 1. The first kappa shape index (κ1) is 25.0. The second-order valence-corrected chi connectivity index (χ2v) is 9.68. The Kier molecular flexibility index (Phi) is 7.19. The van der Waals surface area contributed by atoms with E-state index in [1.807, 2.05) is 91.3 Å². The number of fused-ring (bicyclic) bond motifs is 1. The molecule has 3 unspecified atom stereocenters. The van der Waals surface area contributed by atoms with Gasteiger partial charge in [0.15, 0.2) is 6.29 Å². The summed E-state index contributed by atoms with van der Waals surface area (Å²) in [5.41, 5.74) is 5.95. The van der Waals surface area contributed by atoms with Gasteiger partial charge in [0.05, 0.1) is 42.7 Å². The highest BCUT2D eigenvalue weighted by molar-refractivity contribution is 6.04. The van der Waals surface area contributed by atoms with E-state index in [4.69, 9.17) is 9.47 Å². The number of aliphatic hydroxyl groups excluding tert-OH is 1. The first-order chi connectivity index (χ1) is 19.2. The topological polar surface area (TPSA) is 85.6 Å². The summed E-state index contributed by atoms with van der Waals surface area (Å²) in [4.78, 5) is 17.3. The Labute approximate surface area is 226 Å². The molecular formula is C32H29N3O4. The lowest BCUT2D eigenvalue weighted by Crippen LogP contribution is -2.32. The highest BCUT2D eigenvalue weighted by Gasteiger charge is 2.32. The van der Waals surface area contributed by atoms with E-state index in [0.717, 1.165) is 27.7 Å². The first-order valence-corrected chi connectivity index (χ1v) is 13.0. The van der Waals surface area contributed by atoms with Gasteiger partial charge < -0.3 is 24.5 Å². The fraction of sp³-hybridized carbons (Fsp3) is 0.188. The molecular weight excluding hydrogens is 490 g/mol. The summed E-state index contributed by atoms with van der Waals surface area (Å²) < 4.78 is 15.1. The van der Waals surface area contributed by atoms with Crippen LogP contribution in [-0.4, -0.2) is 26.7 Å². The smallest absolute Gasteiger partial charge is 0.255 e. The maximum Gasteiger partial charge on any atom is 0.255 e. The second-order valence-electron chi connectivity index (χ2n) is 9.68. The van der Waals surface area contributed by atoms with Gasteiger partial charge in [-0.3, -0.25) is 4.79 Å². The molecule has 1 aromatic heterocycles. The molecule has 7 heteroatoms. The maximum absolute atomic E-state index is 12.7. The molecule has 0 saturated carbocycles. The predicted molar refractivity (Wildman–Crippen MR) is 149 cm³/mol. The molecule has 0 bridgehead atoms. The van der Waals surface area contributed by atoms with Crippen molar-refractivity contribution in [1.29, 1.82) is 0 Å². The first-order valence-electron chi connectivity index (χ1n) is 13.0. The van der Waals surface area contributed by atoms with Crippen molar-refractivity contribution in [3.05, 3.63) is 132 Å². The van der Waals surface area contributed by atoms with E-state index < -0.39 is 6.29 Å². The number of benzene rings is 4. The number of anilines is 1. The van der Waals surface area contributed by atoms with Crippen LogP contribution in [0.4, 0.5) is 5.69 Å². The van der Waals surface area contributed by atoms with Gasteiger partial charge >= 0.3 is 0 Å². The second kappa shape index (κ2) is 11.2. The van der Waals surface area contributed by atoms with Crippen molar-refractivity contribution in [2.45, 2.75) is 38.1 Å². The Morgan fingerprint density at radius 3 is 2.51 bits per heavy atom. The zero-order chi connectivity index (χ0) is 26.6. The van der Waals surface area contributed by atoms with Gasteiger partial charge in [0.25, 0.3) is 5.91 Å². The van der Waals surface area contributed by atoms with E-state index >= 15 is 0 Å².